The van der Waals surface area contributed by atoms with Gasteiger partial charge in [-0.25, -0.2) is 0 Å². The molecule has 0 bridgehead atoms. The van der Waals surface area contributed by atoms with Crippen molar-refractivity contribution >= 4 is 11.3 Å². The SMILES string of the molecule is FC(F)(F)c1ccc(Cc2ccccc2)s1. The van der Waals surface area contributed by atoms with E-state index in [1.807, 2.05) is 30.3 Å². The Bertz CT molecular complexity index is 457. The quantitative estimate of drug-likeness (QED) is 0.734. The normalized spacial score (nSPS) is 11.7. The van der Waals surface area contributed by atoms with Gasteiger partial charge in [0, 0.05) is 11.3 Å². The van der Waals surface area contributed by atoms with E-state index in [2.05, 4.69) is 0 Å². The Morgan fingerprint density at radius 2 is 1.62 bits per heavy atom. The minimum absolute atomic E-state index is 0.529. The molecule has 0 aliphatic carbocycles. The third-order valence-corrected chi connectivity index (χ3v) is 3.29. The lowest BCUT2D eigenvalue weighted by Gasteiger charge is -2.01. The number of halogens is 3. The van der Waals surface area contributed by atoms with Gasteiger partial charge in [-0.1, -0.05) is 30.3 Å². The lowest BCUT2D eigenvalue weighted by atomic mass is 10.1. The average molecular weight is 242 g/mol. The van der Waals surface area contributed by atoms with Crippen molar-refractivity contribution in [1.82, 2.24) is 0 Å². The van der Waals surface area contributed by atoms with Crippen LogP contribution in [0.15, 0.2) is 42.5 Å². The molecule has 0 atom stereocenters. The predicted octanol–water partition coefficient (Wildman–Crippen LogP) is 4.36. The molecule has 2 aromatic rings. The Kier molecular flexibility index (Phi) is 3.01. The zero-order valence-electron chi connectivity index (χ0n) is 8.29. The number of hydrogen-bond acceptors (Lipinski definition) is 1. The summed E-state index contributed by atoms with van der Waals surface area (Å²) in [4.78, 5) is 0.206. The van der Waals surface area contributed by atoms with Crippen molar-refractivity contribution in [2.45, 2.75) is 12.6 Å². The van der Waals surface area contributed by atoms with E-state index in [1.54, 1.807) is 6.07 Å². The molecule has 0 fully saturated rings. The predicted molar refractivity (Wildman–Crippen MR) is 58.6 cm³/mol. The maximum absolute atomic E-state index is 12.4. The Balaban J connectivity index is 2.15. The van der Waals surface area contributed by atoms with Crippen LogP contribution in [0.1, 0.15) is 15.3 Å². The molecule has 0 radical (unpaired) electrons. The van der Waals surface area contributed by atoms with Crippen molar-refractivity contribution in [1.29, 1.82) is 0 Å². The fourth-order valence-corrected chi connectivity index (χ4v) is 2.33. The second-order valence-corrected chi connectivity index (χ2v) is 4.59. The summed E-state index contributed by atoms with van der Waals surface area (Å²) in [7, 11) is 0. The molecular formula is C12H9F3S. The second-order valence-electron chi connectivity index (χ2n) is 3.43. The van der Waals surface area contributed by atoms with Crippen molar-refractivity contribution in [3.8, 4) is 0 Å². The van der Waals surface area contributed by atoms with Gasteiger partial charge in [0.25, 0.3) is 0 Å². The van der Waals surface area contributed by atoms with Gasteiger partial charge in [-0.15, -0.1) is 11.3 Å². The molecule has 0 aliphatic rings. The maximum Gasteiger partial charge on any atom is 0.425 e. The molecular weight excluding hydrogens is 233 g/mol. The highest BCUT2D eigenvalue weighted by Gasteiger charge is 2.32. The number of alkyl halides is 3. The summed E-state index contributed by atoms with van der Waals surface area (Å²) >= 11 is 0.810. The first-order valence-corrected chi connectivity index (χ1v) is 5.57. The van der Waals surface area contributed by atoms with Crippen LogP contribution < -0.4 is 0 Å². The molecule has 0 aliphatic heterocycles. The van der Waals surface area contributed by atoms with Crippen LogP contribution in [-0.4, -0.2) is 0 Å². The van der Waals surface area contributed by atoms with E-state index in [0.717, 1.165) is 27.8 Å². The van der Waals surface area contributed by atoms with Crippen molar-refractivity contribution in [2.24, 2.45) is 0 Å². The van der Waals surface area contributed by atoms with Gasteiger partial charge in [-0.05, 0) is 17.7 Å². The molecule has 84 valence electrons. The summed E-state index contributed by atoms with van der Waals surface area (Å²) in [5.74, 6) is 0. The number of hydrogen-bond donors (Lipinski definition) is 0. The lowest BCUT2D eigenvalue weighted by molar-refractivity contribution is -0.134. The highest BCUT2D eigenvalue weighted by atomic mass is 32.1. The van der Waals surface area contributed by atoms with E-state index < -0.39 is 11.1 Å². The van der Waals surface area contributed by atoms with Crippen molar-refractivity contribution in [3.05, 3.63) is 57.8 Å². The largest absolute Gasteiger partial charge is 0.425 e. The number of thiophene rings is 1. The minimum atomic E-state index is -4.22. The molecule has 0 spiro atoms. The molecule has 1 heterocycles. The second kappa shape index (κ2) is 4.29. The smallest absolute Gasteiger partial charge is 0.165 e. The van der Waals surface area contributed by atoms with Crippen LogP contribution in [0, 0.1) is 0 Å². The van der Waals surface area contributed by atoms with Gasteiger partial charge in [0.1, 0.15) is 4.88 Å². The van der Waals surface area contributed by atoms with Crippen LogP contribution in [0.25, 0.3) is 0 Å². The first-order valence-electron chi connectivity index (χ1n) is 4.75. The number of benzene rings is 1. The summed E-state index contributed by atoms with van der Waals surface area (Å²) in [6.07, 6.45) is -3.67. The standard InChI is InChI=1S/C12H9F3S/c13-12(14,15)11-7-6-10(16-11)8-9-4-2-1-3-5-9/h1-7H,8H2. The fraction of sp³-hybridized carbons (Fsp3) is 0.167. The molecule has 0 amide bonds. The van der Waals surface area contributed by atoms with Gasteiger partial charge in [-0.2, -0.15) is 13.2 Å². The lowest BCUT2D eigenvalue weighted by Crippen LogP contribution is -2.00. The zero-order chi connectivity index (χ0) is 11.6. The summed E-state index contributed by atoms with van der Waals surface area (Å²) in [5.41, 5.74) is 1.03. The van der Waals surface area contributed by atoms with Gasteiger partial charge in [0.15, 0.2) is 0 Å². The molecule has 0 saturated heterocycles. The van der Waals surface area contributed by atoms with Crippen LogP contribution in [0.4, 0.5) is 13.2 Å². The first kappa shape index (κ1) is 11.2. The van der Waals surface area contributed by atoms with E-state index in [-0.39, 0.29) is 0 Å². The molecule has 2 rings (SSSR count). The third kappa shape index (κ3) is 2.64. The first-order chi connectivity index (χ1) is 7.55. The topological polar surface area (TPSA) is 0 Å². The van der Waals surface area contributed by atoms with Gasteiger partial charge in [0.2, 0.25) is 0 Å². The third-order valence-electron chi connectivity index (χ3n) is 2.16. The van der Waals surface area contributed by atoms with Crippen molar-refractivity contribution in [2.75, 3.05) is 0 Å². The fourth-order valence-electron chi connectivity index (χ4n) is 1.42. The van der Waals surface area contributed by atoms with E-state index >= 15 is 0 Å². The number of rotatable bonds is 2. The molecule has 16 heavy (non-hydrogen) atoms. The van der Waals surface area contributed by atoms with Crippen LogP contribution in [0.5, 0.6) is 0 Å². The Morgan fingerprint density at radius 3 is 2.19 bits per heavy atom. The molecule has 4 heteroatoms. The van der Waals surface area contributed by atoms with Crippen molar-refractivity contribution in [3.63, 3.8) is 0 Å². The van der Waals surface area contributed by atoms with Crippen LogP contribution >= 0.6 is 11.3 Å². The van der Waals surface area contributed by atoms with Crippen LogP contribution in [0.2, 0.25) is 0 Å². The highest BCUT2D eigenvalue weighted by molar-refractivity contribution is 7.12. The van der Waals surface area contributed by atoms with Gasteiger partial charge >= 0.3 is 6.18 Å². The summed E-state index contributed by atoms with van der Waals surface area (Å²) in [6.45, 7) is 0. The Morgan fingerprint density at radius 1 is 0.938 bits per heavy atom. The molecule has 0 nitrogen and oxygen atoms in total. The van der Waals surface area contributed by atoms with Gasteiger partial charge in [-0.3, -0.25) is 0 Å². The average Bonchev–Trinajstić information content (AvgIpc) is 2.67. The van der Waals surface area contributed by atoms with Gasteiger partial charge < -0.3 is 0 Å². The van der Waals surface area contributed by atoms with E-state index in [9.17, 15) is 13.2 Å². The van der Waals surface area contributed by atoms with E-state index in [0.29, 0.717) is 6.42 Å². The van der Waals surface area contributed by atoms with Crippen molar-refractivity contribution < 1.29 is 13.2 Å². The van der Waals surface area contributed by atoms with E-state index in [1.165, 1.54) is 0 Å². The summed E-state index contributed by atoms with van der Waals surface area (Å²) < 4.78 is 37.1. The van der Waals surface area contributed by atoms with E-state index in [4.69, 9.17) is 0 Å². The summed E-state index contributed by atoms with van der Waals surface area (Å²) in [6, 6.07) is 12.2. The Hall–Kier alpha value is -1.29. The molecule has 0 unspecified atom stereocenters. The molecule has 1 aromatic carbocycles. The molecule has 0 saturated carbocycles. The Labute approximate surface area is 95.4 Å². The van der Waals surface area contributed by atoms with Crippen LogP contribution in [-0.2, 0) is 12.6 Å². The maximum atomic E-state index is 12.4. The monoisotopic (exact) mass is 242 g/mol. The highest BCUT2D eigenvalue weighted by Crippen LogP contribution is 2.35. The molecule has 1 aromatic heterocycles. The minimum Gasteiger partial charge on any atom is -0.165 e. The summed E-state index contributed by atoms with van der Waals surface area (Å²) in [5, 5.41) is 0. The zero-order valence-corrected chi connectivity index (χ0v) is 9.11. The van der Waals surface area contributed by atoms with Crippen LogP contribution in [0.3, 0.4) is 0 Å². The van der Waals surface area contributed by atoms with Gasteiger partial charge in [0.05, 0.1) is 0 Å². The molecule has 0 N–H and O–H groups in total.